The van der Waals surface area contributed by atoms with Gasteiger partial charge in [-0.05, 0) is 76.7 Å². The lowest BCUT2D eigenvalue weighted by atomic mass is 10.1. The minimum atomic E-state index is -0.704. The largest absolute Gasteiger partial charge is 0.481 e. The van der Waals surface area contributed by atoms with E-state index in [9.17, 15) is 9.59 Å². The standard InChI is InChI=1S/C40H72O4/c1-3-5-7-9-11-13-14-15-16-17-18-19-21-23-29-33-37-40(43)44-38(34-30-26-22-20-12-10-8-6-4-2)35-31-27-24-25-28-32-36-39(41)42/h16-17,20,22,30,34,38H,3-15,18-19,21,23-29,31-33,35-37H2,1-2H3,(H,41,42)/b17-16-,22-20-,34-30-. The summed E-state index contributed by atoms with van der Waals surface area (Å²) in [6, 6.07) is 0. The van der Waals surface area contributed by atoms with Crippen LogP contribution in [-0.2, 0) is 14.3 Å². The van der Waals surface area contributed by atoms with Gasteiger partial charge in [0.25, 0.3) is 0 Å². The van der Waals surface area contributed by atoms with Gasteiger partial charge >= 0.3 is 11.9 Å². The van der Waals surface area contributed by atoms with Crippen LogP contribution in [0.1, 0.15) is 200 Å². The molecule has 0 aliphatic heterocycles. The zero-order chi connectivity index (χ0) is 32.2. The third-order valence-electron chi connectivity index (χ3n) is 8.32. The minimum Gasteiger partial charge on any atom is -0.481 e. The zero-order valence-electron chi connectivity index (χ0n) is 29.2. The lowest BCUT2D eigenvalue weighted by molar-refractivity contribution is -0.147. The fraction of sp³-hybridized carbons (Fsp3) is 0.800. The first-order valence-corrected chi connectivity index (χ1v) is 19.0. The van der Waals surface area contributed by atoms with Gasteiger partial charge in [0.1, 0.15) is 6.10 Å². The summed E-state index contributed by atoms with van der Waals surface area (Å²) in [5, 5.41) is 8.76. The van der Waals surface area contributed by atoms with Crippen molar-refractivity contribution >= 4 is 11.9 Å². The van der Waals surface area contributed by atoms with Gasteiger partial charge in [0, 0.05) is 12.8 Å². The van der Waals surface area contributed by atoms with Crippen molar-refractivity contribution in [2.24, 2.45) is 0 Å². The van der Waals surface area contributed by atoms with Gasteiger partial charge in [-0.3, -0.25) is 9.59 Å². The predicted octanol–water partition coefficient (Wildman–Crippen LogP) is 13.0. The van der Waals surface area contributed by atoms with Crippen LogP contribution in [0, 0.1) is 0 Å². The summed E-state index contributed by atoms with van der Waals surface area (Å²) >= 11 is 0. The molecule has 0 saturated heterocycles. The van der Waals surface area contributed by atoms with Crippen LogP contribution in [0.25, 0.3) is 0 Å². The van der Waals surface area contributed by atoms with Crippen LogP contribution in [0.5, 0.6) is 0 Å². The third-order valence-corrected chi connectivity index (χ3v) is 8.32. The number of esters is 1. The van der Waals surface area contributed by atoms with Gasteiger partial charge in [0.15, 0.2) is 0 Å². The Balaban J connectivity index is 4.11. The van der Waals surface area contributed by atoms with E-state index in [1.165, 1.54) is 103 Å². The van der Waals surface area contributed by atoms with Crippen molar-refractivity contribution in [3.05, 3.63) is 36.5 Å². The van der Waals surface area contributed by atoms with E-state index in [0.717, 1.165) is 70.6 Å². The van der Waals surface area contributed by atoms with Crippen molar-refractivity contribution in [2.45, 2.75) is 206 Å². The van der Waals surface area contributed by atoms with E-state index < -0.39 is 5.97 Å². The van der Waals surface area contributed by atoms with Crippen molar-refractivity contribution in [1.29, 1.82) is 0 Å². The summed E-state index contributed by atoms with van der Waals surface area (Å²) in [5.74, 6) is -0.766. The number of rotatable bonds is 34. The number of unbranched alkanes of at least 4 members (excludes halogenated alkanes) is 21. The van der Waals surface area contributed by atoms with E-state index in [-0.39, 0.29) is 18.5 Å². The average molecular weight is 617 g/mol. The topological polar surface area (TPSA) is 63.6 Å². The van der Waals surface area contributed by atoms with Gasteiger partial charge in [-0.2, -0.15) is 0 Å². The van der Waals surface area contributed by atoms with Crippen molar-refractivity contribution < 1.29 is 19.4 Å². The summed E-state index contributed by atoms with van der Waals surface area (Å²) in [7, 11) is 0. The van der Waals surface area contributed by atoms with E-state index in [2.05, 4.69) is 50.3 Å². The SMILES string of the molecule is CCCCCC/C=C\C/C=C\C(CCCCCCCCC(=O)O)OC(=O)CCCCCCC/C=C\CCCCCCCCC. The van der Waals surface area contributed by atoms with Crippen LogP contribution in [0.15, 0.2) is 36.5 Å². The zero-order valence-corrected chi connectivity index (χ0v) is 29.2. The number of ether oxygens (including phenoxy) is 1. The molecule has 44 heavy (non-hydrogen) atoms. The summed E-state index contributed by atoms with van der Waals surface area (Å²) in [4.78, 5) is 23.2. The molecule has 256 valence electrons. The molecule has 4 nitrogen and oxygen atoms in total. The van der Waals surface area contributed by atoms with Gasteiger partial charge in [0.05, 0.1) is 0 Å². The van der Waals surface area contributed by atoms with E-state index in [4.69, 9.17) is 9.84 Å². The van der Waals surface area contributed by atoms with Gasteiger partial charge < -0.3 is 9.84 Å². The summed E-state index contributed by atoms with van der Waals surface area (Å²) in [6.07, 6.45) is 46.0. The van der Waals surface area contributed by atoms with Crippen LogP contribution < -0.4 is 0 Å². The molecular weight excluding hydrogens is 544 g/mol. The van der Waals surface area contributed by atoms with E-state index in [1.807, 2.05) is 0 Å². The highest BCUT2D eigenvalue weighted by molar-refractivity contribution is 5.69. The molecule has 0 amide bonds. The summed E-state index contributed by atoms with van der Waals surface area (Å²) in [6.45, 7) is 4.52. The highest BCUT2D eigenvalue weighted by atomic mass is 16.5. The molecule has 0 aromatic rings. The quantitative estimate of drug-likeness (QED) is 0.0444. The number of carboxylic acid groups (broad SMARTS) is 1. The Morgan fingerprint density at radius 2 is 0.955 bits per heavy atom. The number of carbonyl (C=O) groups is 2. The molecule has 0 bridgehead atoms. The van der Waals surface area contributed by atoms with Gasteiger partial charge in [-0.1, -0.05) is 147 Å². The molecule has 0 spiro atoms. The second-order valence-corrected chi connectivity index (χ2v) is 12.8. The Kier molecular flexibility index (Phi) is 34.1. The summed E-state index contributed by atoms with van der Waals surface area (Å²) in [5.41, 5.74) is 0. The van der Waals surface area contributed by atoms with Crippen molar-refractivity contribution in [2.75, 3.05) is 0 Å². The van der Waals surface area contributed by atoms with Crippen molar-refractivity contribution in [3.63, 3.8) is 0 Å². The Morgan fingerprint density at radius 1 is 0.523 bits per heavy atom. The molecule has 1 unspecified atom stereocenters. The Hall–Kier alpha value is -1.84. The van der Waals surface area contributed by atoms with Crippen LogP contribution >= 0.6 is 0 Å². The smallest absolute Gasteiger partial charge is 0.306 e. The summed E-state index contributed by atoms with van der Waals surface area (Å²) < 4.78 is 5.89. The second kappa shape index (κ2) is 35.6. The maximum Gasteiger partial charge on any atom is 0.306 e. The molecule has 0 rings (SSSR count). The Bertz CT molecular complexity index is 708. The molecule has 0 aromatic carbocycles. The van der Waals surface area contributed by atoms with Crippen LogP contribution in [0.3, 0.4) is 0 Å². The molecule has 0 heterocycles. The van der Waals surface area contributed by atoms with Gasteiger partial charge in [-0.15, -0.1) is 0 Å². The lowest BCUT2D eigenvalue weighted by Crippen LogP contribution is -2.16. The van der Waals surface area contributed by atoms with Crippen LogP contribution in [0.2, 0.25) is 0 Å². The van der Waals surface area contributed by atoms with Crippen LogP contribution in [0.4, 0.5) is 0 Å². The number of carboxylic acids is 1. The fourth-order valence-corrected chi connectivity index (χ4v) is 5.48. The maximum absolute atomic E-state index is 12.6. The molecule has 0 fully saturated rings. The highest BCUT2D eigenvalue weighted by Gasteiger charge is 2.11. The first kappa shape index (κ1) is 42.2. The monoisotopic (exact) mass is 617 g/mol. The lowest BCUT2D eigenvalue weighted by Gasteiger charge is -2.14. The predicted molar refractivity (Wildman–Crippen MR) is 190 cm³/mol. The number of allylic oxidation sites excluding steroid dienone is 5. The van der Waals surface area contributed by atoms with Gasteiger partial charge in [0.2, 0.25) is 0 Å². The Morgan fingerprint density at radius 3 is 1.50 bits per heavy atom. The first-order chi connectivity index (χ1) is 21.6. The van der Waals surface area contributed by atoms with Crippen LogP contribution in [-0.4, -0.2) is 23.1 Å². The Labute approximate surface area is 273 Å². The van der Waals surface area contributed by atoms with E-state index in [0.29, 0.717) is 6.42 Å². The second-order valence-electron chi connectivity index (χ2n) is 12.8. The molecule has 0 aromatic heterocycles. The molecule has 1 atom stereocenters. The normalized spacial score (nSPS) is 12.6. The van der Waals surface area contributed by atoms with Crippen molar-refractivity contribution in [1.82, 2.24) is 0 Å². The number of carbonyl (C=O) groups excluding carboxylic acids is 1. The molecule has 0 saturated carbocycles. The average Bonchev–Trinajstić information content (AvgIpc) is 3.01. The fourth-order valence-electron chi connectivity index (χ4n) is 5.48. The van der Waals surface area contributed by atoms with Gasteiger partial charge in [-0.25, -0.2) is 0 Å². The molecule has 4 heteroatoms. The number of hydrogen-bond donors (Lipinski definition) is 1. The number of aliphatic carboxylic acids is 1. The molecular formula is C40H72O4. The first-order valence-electron chi connectivity index (χ1n) is 19.0. The molecule has 1 N–H and O–H groups in total. The molecule has 0 aliphatic carbocycles. The maximum atomic E-state index is 12.6. The highest BCUT2D eigenvalue weighted by Crippen LogP contribution is 2.15. The number of hydrogen-bond acceptors (Lipinski definition) is 3. The third kappa shape index (κ3) is 34.6. The van der Waals surface area contributed by atoms with E-state index >= 15 is 0 Å². The van der Waals surface area contributed by atoms with E-state index in [1.54, 1.807) is 0 Å². The molecule has 0 radical (unpaired) electrons. The van der Waals surface area contributed by atoms with Crippen molar-refractivity contribution in [3.8, 4) is 0 Å². The minimum absolute atomic E-state index is 0.0620. The molecule has 0 aliphatic rings.